The molecule has 8 heteroatoms. The lowest BCUT2D eigenvalue weighted by Crippen LogP contribution is -2.33. The van der Waals surface area contributed by atoms with Crippen LogP contribution in [0.5, 0.6) is 0 Å². The van der Waals surface area contributed by atoms with E-state index in [9.17, 15) is 27.2 Å². The van der Waals surface area contributed by atoms with Crippen molar-refractivity contribution in [1.29, 1.82) is 0 Å². The third-order valence-electron chi connectivity index (χ3n) is 2.88. The van der Waals surface area contributed by atoms with Crippen molar-refractivity contribution in [2.24, 2.45) is 0 Å². The molecule has 1 saturated carbocycles. The number of alkyl halides is 4. The van der Waals surface area contributed by atoms with Crippen molar-refractivity contribution in [3.63, 3.8) is 0 Å². The van der Waals surface area contributed by atoms with Crippen LogP contribution in [0.2, 0.25) is 0 Å². The number of hydrogen-bond donors (Lipinski definition) is 0. The Morgan fingerprint density at radius 3 is 2.20 bits per heavy atom. The van der Waals surface area contributed by atoms with Gasteiger partial charge in [-0.05, 0) is 25.7 Å². The van der Waals surface area contributed by atoms with Gasteiger partial charge in [-0.25, -0.2) is 8.78 Å². The molecular formula is C12H16F4O4. The minimum atomic E-state index is -4.37. The van der Waals surface area contributed by atoms with Crippen molar-refractivity contribution < 1.29 is 36.6 Å². The van der Waals surface area contributed by atoms with E-state index in [0.717, 1.165) is 25.7 Å². The first kappa shape index (κ1) is 16.7. The van der Waals surface area contributed by atoms with Gasteiger partial charge in [0.2, 0.25) is 0 Å². The Morgan fingerprint density at radius 1 is 1.10 bits per heavy atom. The molecule has 1 fully saturated rings. The van der Waals surface area contributed by atoms with Crippen molar-refractivity contribution in [2.45, 2.75) is 57.0 Å². The number of rotatable bonds is 7. The molecule has 0 atom stereocenters. The van der Waals surface area contributed by atoms with Crippen LogP contribution in [0.15, 0.2) is 0 Å². The van der Waals surface area contributed by atoms with E-state index >= 15 is 0 Å². The van der Waals surface area contributed by atoms with Gasteiger partial charge < -0.3 is 9.47 Å². The summed E-state index contributed by atoms with van der Waals surface area (Å²) < 4.78 is 57.5. The van der Waals surface area contributed by atoms with Crippen molar-refractivity contribution in [1.82, 2.24) is 0 Å². The first-order valence-corrected chi connectivity index (χ1v) is 6.32. The number of ether oxygens (including phenoxy) is 2. The molecule has 0 spiro atoms. The summed E-state index contributed by atoms with van der Waals surface area (Å²) >= 11 is 0. The third-order valence-corrected chi connectivity index (χ3v) is 2.88. The normalized spacial score (nSPS) is 16.4. The van der Waals surface area contributed by atoms with E-state index < -0.39 is 37.3 Å². The van der Waals surface area contributed by atoms with Crippen LogP contribution in [0.25, 0.3) is 0 Å². The van der Waals surface area contributed by atoms with E-state index in [-0.39, 0.29) is 12.5 Å². The van der Waals surface area contributed by atoms with Crippen LogP contribution >= 0.6 is 0 Å². The first-order chi connectivity index (χ1) is 9.31. The lowest BCUT2D eigenvalue weighted by molar-refractivity contribution is -0.180. The fraction of sp³-hybridized carbons (Fsp3) is 0.833. The summed E-state index contributed by atoms with van der Waals surface area (Å²) in [5, 5.41) is 0. The summed E-state index contributed by atoms with van der Waals surface area (Å²) in [6.45, 7) is -1.69. The lowest BCUT2D eigenvalue weighted by Gasteiger charge is -2.15. The van der Waals surface area contributed by atoms with Crippen LogP contribution in [-0.4, -0.2) is 37.0 Å². The number of halogens is 4. The van der Waals surface area contributed by atoms with Crippen LogP contribution in [0.1, 0.15) is 38.5 Å². The lowest BCUT2D eigenvalue weighted by atomic mass is 10.3. The third kappa shape index (κ3) is 5.75. The van der Waals surface area contributed by atoms with Gasteiger partial charge in [0, 0.05) is 0 Å². The molecule has 0 amide bonds. The van der Waals surface area contributed by atoms with Gasteiger partial charge in [-0.15, -0.1) is 0 Å². The van der Waals surface area contributed by atoms with Crippen molar-refractivity contribution >= 4 is 11.9 Å². The number of hydrogen-bond acceptors (Lipinski definition) is 4. The smallest absolute Gasteiger partial charge is 0.340 e. The number of carbonyl (C=O) groups excluding carboxylic acids is 2. The molecule has 0 radical (unpaired) electrons. The summed E-state index contributed by atoms with van der Waals surface area (Å²) in [7, 11) is 0. The zero-order chi connectivity index (χ0) is 15.2. The SMILES string of the molecule is O=C(CCC(=O)OC1CCCC1)OCC(F)(F)C(F)F. The molecule has 0 unspecified atom stereocenters. The van der Waals surface area contributed by atoms with E-state index in [1.165, 1.54) is 0 Å². The molecule has 20 heavy (non-hydrogen) atoms. The van der Waals surface area contributed by atoms with Gasteiger partial charge >= 0.3 is 24.3 Å². The van der Waals surface area contributed by atoms with E-state index in [1.807, 2.05) is 0 Å². The molecular weight excluding hydrogens is 284 g/mol. The topological polar surface area (TPSA) is 52.6 Å². The Kier molecular flexibility index (Phi) is 6.22. The minimum Gasteiger partial charge on any atom is -0.462 e. The highest BCUT2D eigenvalue weighted by Gasteiger charge is 2.42. The zero-order valence-corrected chi connectivity index (χ0v) is 10.7. The van der Waals surface area contributed by atoms with Crippen molar-refractivity contribution in [3.8, 4) is 0 Å². The van der Waals surface area contributed by atoms with Gasteiger partial charge in [-0.1, -0.05) is 0 Å². The molecule has 0 heterocycles. The van der Waals surface area contributed by atoms with Crippen LogP contribution in [0.3, 0.4) is 0 Å². The monoisotopic (exact) mass is 300 g/mol. The van der Waals surface area contributed by atoms with Gasteiger partial charge in [0.05, 0.1) is 12.8 Å². The predicted octanol–water partition coefficient (Wildman–Crippen LogP) is 2.70. The maximum atomic E-state index is 12.5. The highest BCUT2D eigenvalue weighted by molar-refractivity contribution is 5.77. The number of esters is 2. The van der Waals surface area contributed by atoms with Crippen LogP contribution in [0, 0.1) is 0 Å². The van der Waals surface area contributed by atoms with Gasteiger partial charge in [0.25, 0.3) is 0 Å². The van der Waals surface area contributed by atoms with E-state index in [2.05, 4.69) is 4.74 Å². The maximum Gasteiger partial charge on any atom is 0.340 e. The Morgan fingerprint density at radius 2 is 1.65 bits per heavy atom. The number of carbonyl (C=O) groups is 2. The van der Waals surface area contributed by atoms with E-state index in [1.54, 1.807) is 0 Å². The van der Waals surface area contributed by atoms with E-state index in [0.29, 0.717) is 0 Å². The Hall–Kier alpha value is -1.34. The van der Waals surface area contributed by atoms with Crippen LogP contribution in [-0.2, 0) is 19.1 Å². The van der Waals surface area contributed by atoms with E-state index in [4.69, 9.17) is 4.74 Å². The zero-order valence-electron chi connectivity index (χ0n) is 10.7. The molecule has 0 saturated heterocycles. The molecule has 1 aliphatic rings. The summed E-state index contributed by atoms with van der Waals surface area (Å²) in [6, 6.07) is 0. The fourth-order valence-electron chi connectivity index (χ4n) is 1.77. The molecule has 0 aromatic carbocycles. The average Bonchev–Trinajstić information content (AvgIpc) is 2.86. The molecule has 0 N–H and O–H groups in total. The fourth-order valence-corrected chi connectivity index (χ4v) is 1.77. The molecule has 116 valence electrons. The second kappa shape index (κ2) is 7.44. The molecule has 0 aromatic heterocycles. The van der Waals surface area contributed by atoms with Gasteiger partial charge in [0.15, 0.2) is 6.61 Å². The Balaban J connectivity index is 2.17. The maximum absolute atomic E-state index is 12.5. The minimum absolute atomic E-state index is 0.151. The highest BCUT2D eigenvalue weighted by Crippen LogP contribution is 2.23. The quantitative estimate of drug-likeness (QED) is 0.536. The van der Waals surface area contributed by atoms with Gasteiger partial charge in [0.1, 0.15) is 6.10 Å². The molecule has 1 rings (SSSR count). The summed E-state index contributed by atoms with van der Waals surface area (Å²) in [6.07, 6.45) is -1.33. The summed E-state index contributed by atoms with van der Waals surface area (Å²) in [5.41, 5.74) is 0. The highest BCUT2D eigenvalue weighted by atomic mass is 19.3. The largest absolute Gasteiger partial charge is 0.462 e. The summed E-state index contributed by atoms with van der Waals surface area (Å²) in [4.78, 5) is 22.4. The van der Waals surface area contributed by atoms with Gasteiger partial charge in [-0.2, -0.15) is 8.78 Å². The molecule has 0 aromatic rings. The molecule has 0 bridgehead atoms. The second-order valence-electron chi connectivity index (χ2n) is 4.62. The average molecular weight is 300 g/mol. The summed E-state index contributed by atoms with van der Waals surface area (Å²) in [5.74, 6) is -6.12. The first-order valence-electron chi connectivity index (χ1n) is 6.32. The molecule has 4 nitrogen and oxygen atoms in total. The Bertz CT molecular complexity index is 340. The predicted molar refractivity (Wildman–Crippen MR) is 59.5 cm³/mol. The van der Waals surface area contributed by atoms with Gasteiger partial charge in [-0.3, -0.25) is 9.59 Å². The van der Waals surface area contributed by atoms with Crippen molar-refractivity contribution in [3.05, 3.63) is 0 Å². The second-order valence-corrected chi connectivity index (χ2v) is 4.62. The Labute approximate surface area is 113 Å². The van der Waals surface area contributed by atoms with Crippen molar-refractivity contribution in [2.75, 3.05) is 6.61 Å². The standard InChI is InChI=1S/C12H16F4O4/c13-11(14)12(15,16)7-19-9(17)5-6-10(18)20-8-3-1-2-4-8/h8,11H,1-7H2. The molecule has 1 aliphatic carbocycles. The molecule has 0 aliphatic heterocycles. The van der Waals surface area contributed by atoms with Crippen LogP contribution < -0.4 is 0 Å². The van der Waals surface area contributed by atoms with Crippen LogP contribution in [0.4, 0.5) is 17.6 Å².